The first-order chi connectivity index (χ1) is 9.08. The highest BCUT2D eigenvalue weighted by molar-refractivity contribution is 5.49. The molecule has 110 valence electrons. The third kappa shape index (κ3) is 1.55. The molecule has 2 aliphatic rings. The van der Waals surface area contributed by atoms with Crippen LogP contribution in [0.2, 0.25) is 0 Å². The lowest BCUT2D eigenvalue weighted by molar-refractivity contribution is -0.274. The van der Waals surface area contributed by atoms with Gasteiger partial charge in [-0.15, -0.1) is 17.7 Å². The van der Waals surface area contributed by atoms with Gasteiger partial charge in [-0.3, -0.25) is 0 Å². The molecule has 0 spiro atoms. The second-order valence-corrected chi connectivity index (χ2v) is 4.70. The number of hydrogen-bond acceptors (Lipinski definition) is 2. The monoisotopic (exact) mass is 301 g/mol. The Hall–Kier alpha value is -1.51. The van der Waals surface area contributed by atoms with Gasteiger partial charge in [0.1, 0.15) is 5.75 Å². The maximum absolute atomic E-state index is 14.3. The fraction of sp³-hybridized carbons (Fsp3) is 0.455. The Balaban J connectivity index is 2.09. The van der Waals surface area contributed by atoms with Gasteiger partial charge in [0, 0.05) is 17.5 Å². The van der Waals surface area contributed by atoms with E-state index in [0.29, 0.717) is 6.07 Å². The first-order valence-electron chi connectivity index (χ1n) is 5.46. The summed E-state index contributed by atoms with van der Waals surface area (Å²) < 4.78 is 95.1. The molecule has 9 heteroatoms. The summed E-state index contributed by atoms with van der Waals surface area (Å²) >= 11 is 0. The molecule has 0 N–H and O–H groups in total. The van der Waals surface area contributed by atoms with Gasteiger partial charge >= 0.3 is 6.36 Å². The molecule has 0 saturated carbocycles. The van der Waals surface area contributed by atoms with Crippen molar-refractivity contribution in [3.8, 4) is 5.75 Å². The van der Waals surface area contributed by atoms with Crippen LogP contribution < -0.4 is 4.74 Å². The van der Waals surface area contributed by atoms with E-state index in [9.17, 15) is 30.8 Å². The molecule has 20 heavy (non-hydrogen) atoms. The maximum atomic E-state index is 14.3. The SMILES string of the molecule is FC1N(F)C2(F)CC1(F)c1cc(OC(F)(F)F)ccc12. The van der Waals surface area contributed by atoms with Crippen molar-refractivity contribution < 1.29 is 35.6 Å². The number of benzene rings is 1. The van der Waals surface area contributed by atoms with Crippen molar-refractivity contribution in [1.29, 1.82) is 0 Å². The van der Waals surface area contributed by atoms with Crippen molar-refractivity contribution in [3.05, 3.63) is 29.3 Å². The number of fused-ring (bicyclic) bond motifs is 5. The minimum atomic E-state index is -5.02. The van der Waals surface area contributed by atoms with E-state index < -0.39 is 52.5 Å². The molecule has 2 nitrogen and oxygen atoms in total. The molecule has 1 saturated heterocycles. The molecule has 0 radical (unpaired) electrons. The lowest BCUT2D eigenvalue weighted by Crippen LogP contribution is -2.41. The van der Waals surface area contributed by atoms with Gasteiger partial charge in [-0.25, -0.2) is 13.2 Å². The highest BCUT2D eigenvalue weighted by atomic mass is 19.4. The molecule has 3 atom stereocenters. The second-order valence-electron chi connectivity index (χ2n) is 4.70. The van der Waals surface area contributed by atoms with Crippen LogP contribution in [0.15, 0.2) is 18.2 Å². The van der Waals surface area contributed by atoms with Crippen LogP contribution in [0.5, 0.6) is 5.75 Å². The van der Waals surface area contributed by atoms with Crippen LogP contribution in [0.4, 0.5) is 30.8 Å². The van der Waals surface area contributed by atoms with Crippen molar-refractivity contribution in [2.75, 3.05) is 0 Å². The summed E-state index contributed by atoms with van der Waals surface area (Å²) in [5.41, 5.74) is -4.24. The molecule has 2 bridgehead atoms. The summed E-state index contributed by atoms with van der Waals surface area (Å²) in [5, 5.41) is -0.889. The first kappa shape index (κ1) is 13.5. The van der Waals surface area contributed by atoms with Crippen molar-refractivity contribution in [2.24, 2.45) is 0 Å². The molecule has 1 aromatic rings. The largest absolute Gasteiger partial charge is 0.573 e. The van der Waals surface area contributed by atoms with Crippen LogP contribution in [0.1, 0.15) is 17.5 Å². The zero-order valence-corrected chi connectivity index (χ0v) is 9.52. The van der Waals surface area contributed by atoms with E-state index in [0.717, 1.165) is 12.1 Å². The summed E-state index contributed by atoms with van der Waals surface area (Å²) in [5.74, 6) is -3.83. The molecule has 1 aliphatic heterocycles. The normalized spacial score (nSPS) is 36.2. The number of rotatable bonds is 1. The van der Waals surface area contributed by atoms with Crippen molar-refractivity contribution in [1.82, 2.24) is 5.12 Å². The molecular weight excluding hydrogens is 295 g/mol. The summed E-state index contributed by atoms with van der Waals surface area (Å²) in [4.78, 5) is 0. The van der Waals surface area contributed by atoms with Gasteiger partial charge in [0.25, 0.3) is 0 Å². The first-order valence-corrected chi connectivity index (χ1v) is 5.46. The Morgan fingerprint density at radius 3 is 2.45 bits per heavy atom. The van der Waals surface area contributed by atoms with E-state index in [2.05, 4.69) is 4.74 Å². The van der Waals surface area contributed by atoms with E-state index >= 15 is 0 Å². The van der Waals surface area contributed by atoms with Gasteiger partial charge in [0.15, 0.2) is 5.67 Å². The van der Waals surface area contributed by atoms with Crippen LogP contribution in [0, 0.1) is 0 Å². The number of hydrogen-bond donors (Lipinski definition) is 0. The zero-order chi connectivity index (χ0) is 14.9. The van der Waals surface area contributed by atoms with Gasteiger partial charge in [-0.1, -0.05) is 11.2 Å². The number of alkyl halides is 6. The Morgan fingerprint density at radius 1 is 1.20 bits per heavy atom. The summed E-state index contributed by atoms with van der Waals surface area (Å²) in [6.07, 6.45) is -9.09. The fourth-order valence-electron chi connectivity index (χ4n) is 2.69. The molecule has 1 aliphatic carbocycles. The van der Waals surface area contributed by atoms with E-state index in [1.54, 1.807) is 0 Å². The zero-order valence-electron chi connectivity index (χ0n) is 9.52. The molecule has 0 aromatic heterocycles. The molecule has 3 unspecified atom stereocenters. The molecule has 0 amide bonds. The summed E-state index contributed by atoms with van der Waals surface area (Å²) in [7, 11) is 0. The van der Waals surface area contributed by atoms with Gasteiger partial charge < -0.3 is 4.74 Å². The lowest BCUT2D eigenvalue weighted by atomic mass is 9.96. The van der Waals surface area contributed by atoms with E-state index in [1.165, 1.54) is 0 Å². The highest BCUT2D eigenvalue weighted by Crippen LogP contribution is 2.63. The van der Waals surface area contributed by atoms with Gasteiger partial charge in [-0.2, -0.15) is 0 Å². The fourth-order valence-corrected chi connectivity index (χ4v) is 2.69. The lowest BCUT2D eigenvalue weighted by Gasteiger charge is -2.30. The average Bonchev–Trinajstić information content (AvgIpc) is 2.65. The van der Waals surface area contributed by atoms with Crippen LogP contribution in [0.25, 0.3) is 0 Å². The Kier molecular flexibility index (Phi) is 2.41. The summed E-state index contributed by atoms with van der Waals surface area (Å²) in [6.45, 7) is 0. The van der Waals surface area contributed by atoms with Gasteiger partial charge in [0.05, 0.1) is 0 Å². The Bertz CT molecular complexity index is 576. The highest BCUT2D eigenvalue weighted by Gasteiger charge is 2.72. The van der Waals surface area contributed by atoms with Gasteiger partial charge in [-0.05, 0) is 12.1 Å². The Morgan fingerprint density at radius 2 is 1.85 bits per heavy atom. The van der Waals surface area contributed by atoms with Gasteiger partial charge in [0.2, 0.25) is 12.1 Å². The predicted octanol–water partition coefficient (Wildman–Crippen LogP) is 3.77. The smallest absolute Gasteiger partial charge is 0.406 e. The summed E-state index contributed by atoms with van der Waals surface area (Å²) in [6, 6.07) is 2.03. The van der Waals surface area contributed by atoms with E-state index in [-0.39, 0.29) is 0 Å². The molecule has 1 heterocycles. The van der Waals surface area contributed by atoms with Crippen molar-refractivity contribution in [3.63, 3.8) is 0 Å². The molecule has 3 rings (SSSR count). The minimum absolute atomic E-state index is 0.536. The second kappa shape index (κ2) is 3.57. The maximum Gasteiger partial charge on any atom is 0.573 e. The van der Waals surface area contributed by atoms with E-state index in [4.69, 9.17) is 0 Å². The van der Waals surface area contributed by atoms with Crippen molar-refractivity contribution in [2.45, 2.75) is 30.5 Å². The average molecular weight is 301 g/mol. The third-order valence-electron chi connectivity index (χ3n) is 3.49. The van der Waals surface area contributed by atoms with Crippen LogP contribution in [0.3, 0.4) is 0 Å². The standard InChI is InChI=1S/C11H6F7NO/c12-8-9(13)4-10(14,19(8)18)6-2-1-5(3-7(6)9)20-11(15,16)17/h1-3,8H,4H2. The molecular formula is C11H6F7NO. The number of ether oxygens (including phenoxy) is 1. The van der Waals surface area contributed by atoms with Crippen LogP contribution in [-0.4, -0.2) is 17.8 Å². The minimum Gasteiger partial charge on any atom is -0.406 e. The Labute approximate surface area is 107 Å². The quantitative estimate of drug-likeness (QED) is 0.445. The van der Waals surface area contributed by atoms with Crippen molar-refractivity contribution >= 4 is 0 Å². The topological polar surface area (TPSA) is 12.5 Å². The molecule has 1 aromatic carbocycles. The van der Waals surface area contributed by atoms with E-state index in [1.807, 2.05) is 0 Å². The predicted molar refractivity (Wildman–Crippen MR) is 51.2 cm³/mol. The van der Waals surface area contributed by atoms with Crippen LogP contribution >= 0.6 is 0 Å². The molecule has 1 fully saturated rings. The van der Waals surface area contributed by atoms with Crippen LogP contribution in [-0.2, 0) is 11.5 Å². The number of halogens is 7. The number of nitrogens with zero attached hydrogens (tertiary/aromatic N) is 1. The third-order valence-corrected chi connectivity index (χ3v) is 3.49.